The maximum absolute atomic E-state index is 7.41. The average Bonchev–Trinajstić information content (AvgIpc) is 3.31. The van der Waals surface area contributed by atoms with Gasteiger partial charge in [0.15, 0.2) is 26.2 Å². The van der Waals surface area contributed by atoms with Crippen LogP contribution in [0.15, 0.2) is 0 Å². The predicted molar refractivity (Wildman–Crippen MR) is 286 cm³/mol. The molecule has 0 aliphatic carbocycles. The van der Waals surface area contributed by atoms with Gasteiger partial charge in [0, 0.05) is 0 Å². The quantitative estimate of drug-likeness (QED) is 0.0449. The van der Waals surface area contributed by atoms with Gasteiger partial charge < -0.3 is 23.7 Å². The Bertz CT molecular complexity index is 762. The van der Waals surface area contributed by atoms with Crippen molar-refractivity contribution in [2.24, 2.45) is 0 Å². The molecule has 0 amide bonds. The van der Waals surface area contributed by atoms with E-state index in [0.29, 0.717) is 0 Å². The van der Waals surface area contributed by atoms with Gasteiger partial charge in [0.05, 0.1) is 11.2 Å². The van der Waals surface area contributed by atoms with Crippen molar-refractivity contribution in [3.8, 4) is 0 Å². The molecule has 65 heavy (non-hydrogen) atoms. The SMILES string of the molecule is CCCCCCCCCC(OCOCOC(CCCCCCCCC)OC(CCCCCC)(CCCCCC)CCCCCC)OC(CCCCCC)(CCCCCC)CCCCCC. The molecule has 0 heterocycles. The summed E-state index contributed by atoms with van der Waals surface area (Å²) >= 11 is 0. The summed E-state index contributed by atoms with van der Waals surface area (Å²) in [6, 6.07) is 0. The number of hydrogen-bond acceptors (Lipinski definition) is 5. The highest BCUT2D eigenvalue weighted by Crippen LogP contribution is 2.37. The van der Waals surface area contributed by atoms with Crippen molar-refractivity contribution in [1.82, 2.24) is 0 Å². The van der Waals surface area contributed by atoms with Crippen LogP contribution in [0, 0.1) is 0 Å². The van der Waals surface area contributed by atoms with E-state index in [1.165, 1.54) is 231 Å². The van der Waals surface area contributed by atoms with Gasteiger partial charge in [-0.25, -0.2) is 0 Å². The Balaban J connectivity index is 6.27. The molecule has 0 aliphatic heterocycles. The summed E-state index contributed by atoms with van der Waals surface area (Å²) in [5.41, 5.74) is -0.219. The Hall–Kier alpha value is -0.200. The monoisotopic (exact) mass is 923 g/mol. The summed E-state index contributed by atoms with van der Waals surface area (Å²) in [7, 11) is 0. The predicted octanol–water partition coefficient (Wildman–Crippen LogP) is 21.2. The zero-order chi connectivity index (χ0) is 47.6. The van der Waals surface area contributed by atoms with E-state index in [1.54, 1.807) is 0 Å². The molecule has 0 bridgehead atoms. The van der Waals surface area contributed by atoms with Crippen LogP contribution in [0.2, 0.25) is 0 Å². The molecule has 0 aliphatic rings. The van der Waals surface area contributed by atoms with E-state index in [4.69, 9.17) is 23.7 Å². The Morgan fingerprint density at radius 1 is 0.246 bits per heavy atom. The van der Waals surface area contributed by atoms with Crippen LogP contribution in [0.5, 0.6) is 0 Å². The molecule has 0 N–H and O–H groups in total. The second-order valence-electron chi connectivity index (χ2n) is 20.9. The van der Waals surface area contributed by atoms with Crippen LogP contribution < -0.4 is 0 Å². The third kappa shape index (κ3) is 40.3. The first-order chi connectivity index (χ1) is 31.9. The number of ether oxygens (including phenoxy) is 5. The molecule has 0 fully saturated rings. The van der Waals surface area contributed by atoms with Gasteiger partial charge in [-0.1, -0.05) is 287 Å². The van der Waals surface area contributed by atoms with Crippen LogP contribution in [0.4, 0.5) is 0 Å². The Kier molecular flexibility index (Phi) is 50.0. The van der Waals surface area contributed by atoms with E-state index in [0.717, 1.165) is 64.2 Å². The first-order valence-electron chi connectivity index (χ1n) is 30.1. The van der Waals surface area contributed by atoms with E-state index < -0.39 is 0 Å². The molecule has 2 atom stereocenters. The van der Waals surface area contributed by atoms with Crippen molar-refractivity contribution in [2.45, 2.75) is 375 Å². The highest BCUT2D eigenvalue weighted by Gasteiger charge is 2.35. The van der Waals surface area contributed by atoms with E-state index >= 15 is 0 Å². The Labute approximate surface area is 410 Å². The molecule has 2 unspecified atom stereocenters. The smallest absolute Gasteiger partial charge is 0.161 e. The number of hydrogen-bond donors (Lipinski definition) is 0. The topological polar surface area (TPSA) is 46.2 Å². The minimum absolute atomic E-state index is 0.109. The summed E-state index contributed by atoms with van der Waals surface area (Å²) in [5.74, 6) is 0. The average molecular weight is 924 g/mol. The van der Waals surface area contributed by atoms with Crippen molar-refractivity contribution in [1.29, 1.82) is 0 Å². The van der Waals surface area contributed by atoms with Crippen LogP contribution in [0.3, 0.4) is 0 Å². The first-order valence-corrected chi connectivity index (χ1v) is 30.1. The fraction of sp³-hybridized carbons (Fsp3) is 1.00. The normalized spacial score (nSPS) is 13.3. The molecule has 0 aromatic rings. The van der Waals surface area contributed by atoms with Gasteiger partial charge in [-0.3, -0.25) is 0 Å². The van der Waals surface area contributed by atoms with Gasteiger partial charge in [-0.2, -0.15) is 0 Å². The van der Waals surface area contributed by atoms with Crippen molar-refractivity contribution >= 4 is 0 Å². The minimum atomic E-state index is -0.240. The van der Waals surface area contributed by atoms with Crippen molar-refractivity contribution in [3.05, 3.63) is 0 Å². The molecule has 0 saturated carbocycles. The van der Waals surface area contributed by atoms with Crippen molar-refractivity contribution in [3.63, 3.8) is 0 Å². The zero-order valence-corrected chi connectivity index (χ0v) is 46.1. The minimum Gasteiger partial charge on any atom is -0.346 e. The van der Waals surface area contributed by atoms with Crippen LogP contribution in [0.1, 0.15) is 351 Å². The summed E-state index contributed by atoms with van der Waals surface area (Å²) in [6.07, 6.45) is 57.3. The Morgan fingerprint density at radius 3 is 0.677 bits per heavy atom. The molecule has 392 valence electrons. The highest BCUT2D eigenvalue weighted by molar-refractivity contribution is 4.84. The molecule has 0 radical (unpaired) electrons. The largest absolute Gasteiger partial charge is 0.346 e. The summed E-state index contributed by atoms with van der Waals surface area (Å²) in [5, 5.41) is 0. The van der Waals surface area contributed by atoms with Crippen LogP contribution in [-0.4, -0.2) is 37.4 Å². The van der Waals surface area contributed by atoms with E-state index in [2.05, 4.69) is 55.4 Å². The highest BCUT2D eigenvalue weighted by atomic mass is 16.8. The standard InChI is InChI=1S/C60H122O5/c1-9-17-25-33-35-37-39-47-57(64-59(49-41-27-19-11-3,50-42-28-20-12-4)51-43-29-21-13-5)62-55-61-56-63-58(48-40-38-36-34-26-18-10-2)65-60(52-44-30-22-14-6,53-45-31-23-15-7)54-46-32-24-16-8/h57-58H,9-56H2,1-8H3. The third-order valence-corrected chi connectivity index (χ3v) is 14.4. The Morgan fingerprint density at radius 2 is 0.446 bits per heavy atom. The maximum atomic E-state index is 7.41. The van der Waals surface area contributed by atoms with Gasteiger partial charge in [-0.15, -0.1) is 0 Å². The lowest BCUT2D eigenvalue weighted by Gasteiger charge is -2.38. The zero-order valence-electron chi connectivity index (χ0n) is 46.1. The lowest BCUT2D eigenvalue weighted by atomic mass is 9.84. The number of unbranched alkanes of at least 4 members (excludes halogenated alkanes) is 30. The van der Waals surface area contributed by atoms with E-state index in [1.807, 2.05) is 0 Å². The van der Waals surface area contributed by atoms with Gasteiger partial charge in [0.25, 0.3) is 0 Å². The summed E-state index contributed by atoms with van der Waals surface area (Å²) in [4.78, 5) is 0. The summed E-state index contributed by atoms with van der Waals surface area (Å²) < 4.78 is 34.6. The lowest BCUT2D eigenvalue weighted by molar-refractivity contribution is -0.286. The van der Waals surface area contributed by atoms with Gasteiger partial charge in [-0.05, 0) is 64.2 Å². The first kappa shape index (κ1) is 64.8. The van der Waals surface area contributed by atoms with Gasteiger partial charge >= 0.3 is 0 Å². The second kappa shape index (κ2) is 50.2. The molecule has 0 aromatic heterocycles. The van der Waals surface area contributed by atoms with Crippen LogP contribution >= 0.6 is 0 Å². The third-order valence-electron chi connectivity index (χ3n) is 14.4. The molecule has 0 rings (SSSR count). The molecule has 0 spiro atoms. The van der Waals surface area contributed by atoms with Crippen molar-refractivity contribution in [2.75, 3.05) is 13.6 Å². The molecule has 5 nitrogen and oxygen atoms in total. The molecule has 0 aromatic carbocycles. The molecule has 0 saturated heterocycles. The van der Waals surface area contributed by atoms with Crippen LogP contribution in [-0.2, 0) is 23.7 Å². The fourth-order valence-corrected chi connectivity index (χ4v) is 10.1. The van der Waals surface area contributed by atoms with E-state index in [-0.39, 0.29) is 37.4 Å². The fourth-order valence-electron chi connectivity index (χ4n) is 10.1. The van der Waals surface area contributed by atoms with Crippen LogP contribution in [0.25, 0.3) is 0 Å². The van der Waals surface area contributed by atoms with Gasteiger partial charge in [0.1, 0.15) is 0 Å². The molecular formula is C60H122O5. The molecule has 5 heteroatoms. The maximum Gasteiger partial charge on any atom is 0.161 e. The van der Waals surface area contributed by atoms with Gasteiger partial charge in [0.2, 0.25) is 0 Å². The van der Waals surface area contributed by atoms with E-state index in [9.17, 15) is 0 Å². The van der Waals surface area contributed by atoms with Crippen molar-refractivity contribution < 1.29 is 23.7 Å². The second-order valence-corrected chi connectivity index (χ2v) is 20.9. The number of rotatable bonds is 56. The summed E-state index contributed by atoms with van der Waals surface area (Å²) in [6.45, 7) is 19.0. The molecular weight excluding hydrogens is 801 g/mol. The lowest BCUT2D eigenvalue weighted by Crippen LogP contribution is -2.39.